The number of nitrogens with one attached hydrogen (secondary N) is 1. The number of rotatable bonds is 10. The quantitative estimate of drug-likeness (QED) is 0.461. The second kappa shape index (κ2) is 11.2. The van der Waals surface area contributed by atoms with Gasteiger partial charge in [0.1, 0.15) is 18.1 Å². The number of aromatic nitrogens is 3. The molecule has 0 aliphatic carbocycles. The fourth-order valence-corrected chi connectivity index (χ4v) is 4.21. The number of carbonyl (C=O) groups is 2. The van der Waals surface area contributed by atoms with Crippen molar-refractivity contribution in [2.45, 2.75) is 38.5 Å². The molecule has 1 aromatic heterocycles. The van der Waals surface area contributed by atoms with Crippen LogP contribution in [-0.4, -0.2) is 71.2 Å². The number of nitrogens with zero attached hydrogens (tertiary/aromatic N) is 4. The normalized spacial score (nSPS) is 16.5. The lowest BCUT2D eigenvalue weighted by atomic mass is 10.0. The number of amides is 2. The maximum absolute atomic E-state index is 13.7. The zero-order valence-corrected chi connectivity index (χ0v) is 19.6. The van der Waals surface area contributed by atoms with Crippen LogP contribution in [0.25, 0.3) is 11.0 Å². The molecule has 1 aliphatic rings. The van der Waals surface area contributed by atoms with Gasteiger partial charge >= 0.3 is 0 Å². The topological polar surface area (TPSA) is 98.6 Å². The van der Waals surface area contributed by atoms with Crippen molar-refractivity contribution in [1.29, 1.82) is 0 Å². The van der Waals surface area contributed by atoms with Gasteiger partial charge in [0.05, 0.1) is 18.2 Å². The van der Waals surface area contributed by atoms with Gasteiger partial charge in [-0.25, -0.2) is 4.68 Å². The van der Waals surface area contributed by atoms with E-state index < -0.39 is 6.04 Å². The average molecular weight is 466 g/mol. The van der Waals surface area contributed by atoms with Crippen molar-refractivity contribution in [2.24, 2.45) is 0 Å². The number of ether oxygens (including phenoxy) is 2. The molecule has 180 valence electrons. The van der Waals surface area contributed by atoms with E-state index in [1.165, 1.54) is 0 Å². The molecule has 0 spiro atoms. The standard InChI is InChI=1S/C25H31N5O4/c1-18-9-11-19(12-10-18)24(25(32)26-13-15-33-2)29(16-20-6-5-14-34-20)23(31)17-30-22-8-4-3-7-21(22)27-28-30/h3-4,7-12,20,24H,5-6,13-17H2,1-2H3,(H,26,32)/t20-,24-/m0/s1. The zero-order valence-electron chi connectivity index (χ0n) is 19.6. The molecule has 2 amide bonds. The van der Waals surface area contributed by atoms with Gasteiger partial charge < -0.3 is 19.7 Å². The number of fused-ring (bicyclic) bond motifs is 1. The molecule has 0 unspecified atom stereocenters. The smallest absolute Gasteiger partial charge is 0.247 e. The second-order valence-corrected chi connectivity index (χ2v) is 8.51. The van der Waals surface area contributed by atoms with Gasteiger partial charge in [-0.2, -0.15) is 0 Å². The summed E-state index contributed by atoms with van der Waals surface area (Å²) in [6, 6.07) is 14.4. The van der Waals surface area contributed by atoms with Gasteiger partial charge in [0, 0.05) is 26.8 Å². The Labute approximate surface area is 199 Å². The Hall–Kier alpha value is -3.30. The lowest BCUT2D eigenvalue weighted by molar-refractivity contribution is -0.143. The summed E-state index contributed by atoms with van der Waals surface area (Å²) >= 11 is 0. The molecule has 34 heavy (non-hydrogen) atoms. The van der Waals surface area contributed by atoms with Crippen LogP contribution in [0, 0.1) is 6.92 Å². The van der Waals surface area contributed by atoms with E-state index >= 15 is 0 Å². The minimum atomic E-state index is -0.802. The Kier molecular flexibility index (Phi) is 7.87. The third-order valence-electron chi connectivity index (χ3n) is 6.01. The highest BCUT2D eigenvalue weighted by atomic mass is 16.5. The molecule has 1 N–H and O–H groups in total. The number of benzene rings is 2. The van der Waals surface area contributed by atoms with Gasteiger partial charge in [0.25, 0.3) is 0 Å². The third-order valence-corrected chi connectivity index (χ3v) is 6.01. The number of methoxy groups -OCH3 is 1. The Morgan fingerprint density at radius 3 is 2.76 bits per heavy atom. The second-order valence-electron chi connectivity index (χ2n) is 8.51. The number of hydrogen-bond acceptors (Lipinski definition) is 6. The summed E-state index contributed by atoms with van der Waals surface area (Å²) in [7, 11) is 1.58. The molecule has 1 fully saturated rings. The van der Waals surface area contributed by atoms with Gasteiger partial charge in [-0.3, -0.25) is 9.59 Å². The maximum Gasteiger partial charge on any atom is 0.247 e. The molecule has 9 heteroatoms. The molecular formula is C25H31N5O4. The zero-order chi connectivity index (χ0) is 23.9. The van der Waals surface area contributed by atoms with Crippen LogP contribution in [0.4, 0.5) is 0 Å². The molecule has 2 aromatic carbocycles. The van der Waals surface area contributed by atoms with E-state index in [0.717, 1.165) is 29.5 Å². The van der Waals surface area contributed by atoms with Crippen LogP contribution in [0.15, 0.2) is 48.5 Å². The molecule has 1 saturated heterocycles. The van der Waals surface area contributed by atoms with E-state index in [-0.39, 0.29) is 24.5 Å². The summed E-state index contributed by atoms with van der Waals surface area (Å²) in [6.07, 6.45) is 1.67. The van der Waals surface area contributed by atoms with Crippen molar-refractivity contribution in [1.82, 2.24) is 25.2 Å². The van der Waals surface area contributed by atoms with E-state index in [1.807, 2.05) is 55.5 Å². The van der Waals surface area contributed by atoms with Crippen molar-refractivity contribution >= 4 is 22.8 Å². The van der Waals surface area contributed by atoms with E-state index in [9.17, 15) is 9.59 Å². The Bertz CT molecular complexity index is 1110. The molecule has 2 atom stereocenters. The van der Waals surface area contributed by atoms with Crippen molar-refractivity contribution < 1.29 is 19.1 Å². The largest absolute Gasteiger partial charge is 0.383 e. The van der Waals surface area contributed by atoms with E-state index in [4.69, 9.17) is 9.47 Å². The Morgan fingerprint density at radius 1 is 1.24 bits per heavy atom. The summed E-state index contributed by atoms with van der Waals surface area (Å²) in [5.41, 5.74) is 3.31. The predicted octanol–water partition coefficient (Wildman–Crippen LogP) is 2.25. The number of aryl methyl sites for hydroxylation is 1. The first-order chi connectivity index (χ1) is 16.6. The molecule has 4 rings (SSSR count). The summed E-state index contributed by atoms with van der Waals surface area (Å²) in [5.74, 6) is -0.477. The van der Waals surface area contributed by atoms with E-state index in [1.54, 1.807) is 16.7 Å². The van der Waals surface area contributed by atoms with Gasteiger partial charge in [0.2, 0.25) is 11.8 Å². The minimum Gasteiger partial charge on any atom is -0.383 e. The van der Waals surface area contributed by atoms with Gasteiger partial charge in [-0.05, 0) is 37.5 Å². The van der Waals surface area contributed by atoms with E-state index in [0.29, 0.717) is 31.8 Å². The summed E-state index contributed by atoms with van der Waals surface area (Å²) in [6.45, 7) is 3.69. The third kappa shape index (κ3) is 5.60. The highest BCUT2D eigenvalue weighted by molar-refractivity contribution is 5.89. The summed E-state index contributed by atoms with van der Waals surface area (Å²) in [4.78, 5) is 28.8. The average Bonchev–Trinajstić information content (AvgIpc) is 3.50. The van der Waals surface area contributed by atoms with Crippen molar-refractivity contribution in [3.05, 3.63) is 59.7 Å². The van der Waals surface area contributed by atoms with Crippen molar-refractivity contribution in [3.8, 4) is 0 Å². The van der Waals surface area contributed by atoms with Gasteiger partial charge in [-0.1, -0.05) is 47.2 Å². The SMILES string of the molecule is COCCNC(=O)[C@H](c1ccc(C)cc1)N(C[C@@H]1CCCO1)C(=O)Cn1nnc2ccccc21. The molecule has 2 heterocycles. The van der Waals surface area contributed by atoms with Crippen molar-refractivity contribution in [3.63, 3.8) is 0 Å². The number of hydrogen-bond donors (Lipinski definition) is 1. The lowest BCUT2D eigenvalue weighted by Crippen LogP contribution is -2.48. The van der Waals surface area contributed by atoms with Crippen LogP contribution in [0.3, 0.4) is 0 Å². The number of para-hydroxylation sites is 1. The first-order valence-electron chi connectivity index (χ1n) is 11.6. The van der Waals surface area contributed by atoms with Crippen LogP contribution in [0.5, 0.6) is 0 Å². The Balaban J connectivity index is 1.66. The molecular weight excluding hydrogens is 434 g/mol. The highest BCUT2D eigenvalue weighted by Crippen LogP contribution is 2.26. The predicted molar refractivity (Wildman–Crippen MR) is 127 cm³/mol. The van der Waals surface area contributed by atoms with Crippen LogP contribution < -0.4 is 5.32 Å². The van der Waals surface area contributed by atoms with Crippen LogP contribution in [0.1, 0.15) is 30.0 Å². The molecule has 0 bridgehead atoms. The van der Waals surface area contributed by atoms with Gasteiger partial charge in [-0.15, -0.1) is 5.10 Å². The first kappa shape index (κ1) is 23.8. The molecule has 0 radical (unpaired) electrons. The van der Waals surface area contributed by atoms with Crippen molar-refractivity contribution in [2.75, 3.05) is 33.4 Å². The molecule has 3 aromatic rings. The molecule has 9 nitrogen and oxygen atoms in total. The van der Waals surface area contributed by atoms with Crippen LogP contribution >= 0.6 is 0 Å². The highest BCUT2D eigenvalue weighted by Gasteiger charge is 2.34. The summed E-state index contributed by atoms with van der Waals surface area (Å²) in [5, 5.41) is 11.2. The fraction of sp³-hybridized carbons (Fsp3) is 0.440. The minimum absolute atomic E-state index is 0.0268. The molecule has 0 saturated carbocycles. The van der Waals surface area contributed by atoms with E-state index in [2.05, 4.69) is 15.6 Å². The van der Waals surface area contributed by atoms with Crippen LogP contribution in [-0.2, 0) is 25.6 Å². The summed E-state index contributed by atoms with van der Waals surface area (Å²) < 4.78 is 12.5. The Morgan fingerprint density at radius 2 is 2.03 bits per heavy atom. The molecule has 1 aliphatic heterocycles. The van der Waals surface area contributed by atoms with Crippen LogP contribution in [0.2, 0.25) is 0 Å². The van der Waals surface area contributed by atoms with Gasteiger partial charge in [0.15, 0.2) is 0 Å². The lowest BCUT2D eigenvalue weighted by Gasteiger charge is -2.33. The maximum atomic E-state index is 13.7. The monoisotopic (exact) mass is 465 g/mol. The fourth-order valence-electron chi connectivity index (χ4n) is 4.21. The number of carbonyl (C=O) groups excluding carboxylic acids is 2. The first-order valence-corrected chi connectivity index (χ1v) is 11.6.